The van der Waals surface area contributed by atoms with Crippen LogP contribution < -0.4 is 5.73 Å². The van der Waals surface area contributed by atoms with Crippen molar-refractivity contribution in [2.45, 2.75) is 12.0 Å². The van der Waals surface area contributed by atoms with Gasteiger partial charge in [-0.3, -0.25) is 4.98 Å². The van der Waals surface area contributed by atoms with Crippen molar-refractivity contribution in [1.82, 2.24) is 4.98 Å². The van der Waals surface area contributed by atoms with Gasteiger partial charge in [0.15, 0.2) is 0 Å². The van der Waals surface area contributed by atoms with Crippen molar-refractivity contribution in [3.05, 3.63) is 51.2 Å². The van der Waals surface area contributed by atoms with Crippen molar-refractivity contribution in [2.24, 2.45) is 5.73 Å². The summed E-state index contributed by atoms with van der Waals surface area (Å²) in [6, 6.07) is 4.42. The number of benzene rings is 1. The quantitative estimate of drug-likeness (QED) is 0.908. The van der Waals surface area contributed by atoms with E-state index in [4.69, 9.17) is 17.3 Å². The first-order chi connectivity index (χ1) is 8.65. The lowest BCUT2D eigenvalue weighted by Gasteiger charge is -2.22. The molecule has 1 aromatic carbocycles. The van der Waals surface area contributed by atoms with Crippen molar-refractivity contribution in [1.29, 1.82) is 0 Å². The Morgan fingerprint density at radius 2 is 2.28 bits per heavy atom. The minimum atomic E-state index is -0.906. The molecule has 2 atom stereocenters. The van der Waals surface area contributed by atoms with Crippen LogP contribution in [0.15, 0.2) is 29.9 Å². The molecule has 0 saturated carbocycles. The van der Waals surface area contributed by atoms with Crippen LogP contribution in [0.4, 0.5) is 4.39 Å². The number of nitrogens with two attached hydrogens (primary N) is 1. The lowest BCUT2D eigenvalue weighted by atomic mass is 9.92. The van der Waals surface area contributed by atoms with E-state index in [1.165, 1.54) is 23.5 Å². The van der Waals surface area contributed by atoms with Crippen LogP contribution in [0.2, 0.25) is 5.02 Å². The molecule has 0 saturated heterocycles. The molecule has 0 fully saturated rings. The molecule has 2 aromatic rings. The van der Waals surface area contributed by atoms with Gasteiger partial charge in [-0.15, -0.1) is 11.3 Å². The Balaban J connectivity index is 2.40. The fourth-order valence-electron chi connectivity index (χ4n) is 1.84. The second-order valence-electron chi connectivity index (χ2n) is 3.83. The van der Waals surface area contributed by atoms with Gasteiger partial charge in [0, 0.05) is 29.2 Å². The van der Waals surface area contributed by atoms with E-state index in [0.29, 0.717) is 4.88 Å². The van der Waals surface area contributed by atoms with E-state index in [9.17, 15) is 9.50 Å². The number of hydrogen-bond acceptors (Lipinski definition) is 4. The van der Waals surface area contributed by atoms with Crippen molar-refractivity contribution in [3.63, 3.8) is 0 Å². The Kier molecular flexibility index (Phi) is 4.29. The molecule has 0 aliphatic carbocycles. The van der Waals surface area contributed by atoms with Crippen LogP contribution >= 0.6 is 22.9 Å². The van der Waals surface area contributed by atoms with E-state index < -0.39 is 17.8 Å². The molecule has 1 aromatic heterocycles. The Hall–Kier alpha value is -1.01. The van der Waals surface area contributed by atoms with Crippen LogP contribution in [0.1, 0.15) is 22.5 Å². The maximum atomic E-state index is 13.8. The number of hydrogen-bond donors (Lipinski definition) is 2. The number of rotatable bonds is 4. The van der Waals surface area contributed by atoms with Gasteiger partial charge in [0.2, 0.25) is 0 Å². The molecule has 0 bridgehead atoms. The van der Waals surface area contributed by atoms with E-state index in [0.717, 1.165) is 0 Å². The third-order valence-electron chi connectivity index (χ3n) is 2.75. The summed E-state index contributed by atoms with van der Waals surface area (Å²) >= 11 is 7.29. The van der Waals surface area contributed by atoms with E-state index in [1.807, 2.05) is 0 Å². The standard InChI is InChI=1S/C12H12ClFN2OS/c13-8-2-1-3-9(14)11(8)7(4-15)12(17)10-5-16-6-18-10/h1-3,5-7,12,17H,4,15H2. The molecule has 1 heterocycles. The van der Waals surface area contributed by atoms with Crippen LogP contribution in [0.25, 0.3) is 0 Å². The minimum absolute atomic E-state index is 0.0969. The second kappa shape index (κ2) is 5.75. The molecule has 0 spiro atoms. The number of thiazole rings is 1. The van der Waals surface area contributed by atoms with Crippen molar-refractivity contribution >= 4 is 22.9 Å². The van der Waals surface area contributed by atoms with Crippen molar-refractivity contribution in [3.8, 4) is 0 Å². The number of aromatic nitrogens is 1. The summed E-state index contributed by atoms with van der Waals surface area (Å²) in [7, 11) is 0. The summed E-state index contributed by atoms with van der Waals surface area (Å²) in [4.78, 5) is 4.53. The molecule has 96 valence electrons. The topological polar surface area (TPSA) is 59.1 Å². The van der Waals surface area contributed by atoms with Gasteiger partial charge in [0.05, 0.1) is 16.5 Å². The molecule has 3 N–H and O–H groups in total. The van der Waals surface area contributed by atoms with Crippen LogP contribution in [0.3, 0.4) is 0 Å². The molecule has 2 rings (SSSR count). The molecule has 0 aliphatic rings. The molecule has 2 unspecified atom stereocenters. The largest absolute Gasteiger partial charge is 0.387 e. The summed E-state index contributed by atoms with van der Waals surface area (Å²) in [6.45, 7) is 0.0969. The zero-order chi connectivity index (χ0) is 13.1. The third-order valence-corrected chi connectivity index (χ3v) is 3.92. The average molecular weight is 287 g/mol. The first-order valence-corrected chi connectivity index (χ1v) is 6.61. The van der Waals surface area contributed by atoms with Gasteiger partial charge in [-0.25, -0.2) is 4.39 Å². The predicted molar refractivity (Wildman–Crippen MR) is 70.3 cm³/mol. The maximum Gasteiger partial charge on any atom is 0.128 e. The Labute approximate surface area is 113 Å². The summed E-state index contributed by atoms with van der Waals surface area (Å²) in [6.07, 6.45) is 0.643. The lowest BCUT2D eigenvalue weighted by molar-refractivity contribution is 0.149. The minimum Gasteiger partial charge on any atom is -0.387 e. The first-order valence-electron chi connectivity index (χ1n) is 5.35. The monoisotopic (exact) mass is 286 g/mol. The smallest absolute Gasteiger partial charge is 0.128 e. The highest BCUT2D eigenvalue weighted by atomic mass is 35.5. The van der Waals surface area contributed by atoms with Crippen LogP contribution in [0, 0.1) is 5.82 Å². The number of nitrogens with zero attached hydrogens (tertiary/aromatic N) is 1. The van der Waals surface area contributed by atoms with E-state index in [2.05, 4.69) is 4.98 Å². The molecule has 0 amide bonds. The predicted octanol–water partition coefficient (Wildman–Crippen LogP) is 2.71. The van der Waals surface area contributed by atoms with Gasteiger partial charge in [-0.2, -0.15) is 0 Å². The van der Waals surface area contributed by atoms with E-state index >= 15 is 0 Å². The maximum absolute atomic E-state index is 13.8. The SMILES string of the molecule is NCC(c1c(F)cccc1Cl)C(O)c1cncs1. The van der Waals surface area contributed by atoms with Crippen molar-refractivity contribution in [2.75, 3.05) is 6.54 Å². The van der Waals surface area contributed by atoms with Gasteiger partial charge in [-0.1, -0.05) is 17.7 Å². The fraction of sp³-hybridized carbons (Fsp3) is 0.250. The van der Waals surface area contributed by atoms with Gasteiger partial charge < -0.3 is 10.8 Å². The zero-order valence-electron chi connectivity index (χ0n) is 9.38. The summed E-state index contributed by atoms with van der Waals surface area (Å²) in [5.74, 6) is -1.04. The first kappa shape index (κ1) is 13.4. The molecule has 6 heteroatoms. The number of aliphatic hydroxyl groups excluding tert-OH is 1. The molecule has 3 nitrogen and oxygen atoms in total. The molecular weight excluding hydrogens is 275 g/mol. The number of halogens is 2. The van der Waals surface area contributed by atoms with Crippen LogP contribution in [-0.4, -0.2) is 16.6 Å². The van der Waals surface area contributed by atoms with Gasteiger partial charge in [0.1, 0.15) is 5.82 Å². The van der Waals surface area contributed by atoms with Gasteiger partial charge >= 0.3 is 0 Å². The molecule has 0 radical (unpaired) electrons. The average Bonchev–Trinajstić information content (AvgIpc) is 2.87. The zero-order valence-corrected chi connectivity index (χ0v) is 11.0. The third kappa shape index (κ3) is 2.54. The summed E-state index contributed by atoms with van der Waals surface area (Å²) < 4.78 is 13.8. The fourth-order valence-corrected chi connectivity index (χ4v) is 2.81. The second-order valence-corrected chi connectivity index (χ2v) is 5.15. The van der Waals surface area contributed by atoms with E-state index in [-0.39, 0.29) is 17.1 Å². The Morgan fingerprint density at radius 3 is 2.83 bits per heavy atom. The van der Waals surface area contributed by atoms with Crippen LogP contribution in [-0.2, 0) is 0 Å². The highest BCUT2D eigenvalue weighted by molar-refractivity contribution is 7.09. The molecular formula is C12H12ClFN2OS. The Morgan fingerprint density at radius 1 is 1.50 bits per heavy atom. The van der Waals surface area contributed by atoms with Gasteiger partial charge in [-0.05, 0) is 12.1 Å². The molecule has 0 aliphatic heterocycles. The highest BCUT2D eigenvalue weighted by Crippen LogP contribution is 2.36. The summed E-state index contributed by atoms with van der Waals surface area (Å²) in [5.41, 5.74) is 7.51. The Bertz CT molecular complexity index is 501. The summed E-state index contributed by atoms with van der Waals surface area (Å²) in [5, 5.41) is 10.5. The lowest BCUT2D eigenvalue weighted by Crippen LogP contribution is -2.21. The molecule has 18 heavy (non-hydrogen) atoms. The normalized spacial score (nSPS) is 14.4. The van der Waals surface area contributed by atoms with Crippen molar-refractivity contribution < 1.29 is 9.50 Å². The van der Waals surface area contributed by atoms with E-state index in [1.54, 1.807) is 17.8 Å². The van der Waals surface area contributed by atoms with Crippen LogP contribution in [0.5, 0.6) is 0 Å². The highest BCUT2D eigenvalue weighted by Gasteiger charge is 2.27. The van der Waals surface area contributed by atoms with Gasteiger partial charge in [0.25, 0.3) is 0 Å². The number of aliphatic hydroxyl groups is 1.